The number of carbonyl (C=O) groups excluding carboxylic acids is 1. The molecule has 0 aliphatic carbocycles. The molecular formula is C12H16O6S. The van der Waals surface area contributed by atoms with Crippen LogP contribution in [0.3, 0.4) is 0 Å². The number of aliphatic hydroxyl groups excluding tert-OH is 2. The fourth-order valence-electron chi connectivity index (χ4n) is 1.52. The zero-order chi connectivity index (χ0) is 14.6. The fourth-order valence-corrected chi connectivity index (χ4v) is 2.19. The molecule has 106 valence electrons. The van der Waals surface area contributed by atoms with Gasteiger partial charge in [-0.3, -0.25) is 4.79 Å². The molecule has 19 heavy (non-hydrogen) atoms. The first-order valence-electron chi connectivity index (χ1n) is 5.48. The normalized spacial score (nSPS) is 14.7. The molecule has 0 spiro atoms. The van der Waals surface area contributed by atoms with Crippen molar-refractivity contribution in [2.24, 2.45) is 0 Å². The van der Waals surface area contributed by atoms with Crippen LogP contribution in [0.1, 0.15) is 18.1 Å². The van der Waals surface area contributed by atoms with Crippen molar-refractivity contribution in [3.05, 3.63) is 29.8 Å². The molecule has 1 rings (SSSR count). The van der Waals surface area contributed by atoms with E-state index in [1.807, 2.05) is 0 Å². The van der Waals surface area contributed by atoms with Crippen LogP contribution in [-0.4, -0.2) is 44.1 Å². The summed E-state index contributed by atoms with van der Waals surface area (Å²) in [6.45, 7) is 0. The van der Waals surface area contributed by atoms with Gasteiger partial charge < -0.3 is 14.9 Å². The Kier molecular flexibility index (Phi) is 5.04. The predicted octanol–water partition coefficient (Wildman–Crippen LogP) is 0.0475. The Balaban J connectivity index is 2.94. The minimum absolute atomic E-state index is 0.0364. The van der Waals surface area contributed by atoms with Crippen LogP contribution in [0.5, 0.6) is 0 Å². The molecule has 2 atom stereocenters. The lowest BCUT2D eigenvalue weighted by molar-refractivity contribution is -0.144. The average molecular weight is 288 g/mol. The van der Waals surface area contributed by atoms with Crippen molar-refractivity contribution in [1.82, 2.24) is 0 Å². The first-order valence-corrected chi connectivity index (χ1v) is 7.38. The van der Waals surface area contributed by atoms with Crippen LogP contribution < -0.4 is 0 Å². The van der Waals surface area contributed by atoms with E-state index in [0.717, 1.165) is 6.26 Å². The number of hydrogen-bond acceptors (Lipinski definition) is 6. The zero-order valence-electron chi connectivity index (χ0n) is 10.6. The largest absolute Gasteiger partial charge is 0.469 e. The van der Waals surface area contributed by atoms with E-state index in [0.29, 0.717) is 0 Å². The molecule has 0 heterocycles. The third-order valence-electron chi connectivity index (χ3n) is 2.60. The third kappa shape index (κ3) is 4.30. The Morgan fingerprint density at radius 2 is 2.00 bits per heavy atom. The topological polar surface area (TPSA) is 101 Å². The summed E-state index contributed by atoms with van der Waals surface area (Å²) in [6.07, 6.45) is -2.05. The first-order chi connectivity index (χ1) is 8.75. The molecule has 0 radical (unpaired) electrons. The molecule has 0 aromatic heterocycles. The van der Waals surface area contributed by atoms with Crippen molar-refractivity contribution in [3.63, 3.8) is 0 Å². The summed E-state index contributed by atoms with van der Waals surface area (Å²) in [4.78, 5) is 11.0. The molecule has 6 nitrogen and oxygen atoms in total. The van der Waals surface area contributed by atoms with Crippen LogP contribution in [0.25, 0.3) is 0 Å². The van der Waals surface area contributed by atoms with Crippen molar-refractivity contribution in [3.8, 4) is 0 Å². The van der Waals surface area contributed by atoms with Crippen LogP contribution in [0, 0.1) is 0 Å². The minimum Gasteiger partial charge on any atom is -0.469 e. The summed E-state index contributed by atoms with van der Waals surface area (Å²) >= 11 is 0. The lowest BCUT2D eigenvalue weighted by Crippen LogP contribution is -2.22. The predicted molar refractivity (Wildman–Crippen MR) is 67.2 cm³/mol. The maximum absolute atomic E-state index is 11.4. The highest BCUT2D eigenvalue weighted by Gasteiger charge is 2.22. The first kappa shape index (κ1) is 15.6. The van der Waals surface area contributed by atoms with Gasteiger partial charge in [0.25, 0.3) is 0 Å². The van der Waals surface area contributed by atoms with Crippen molar-refractivity contribution in [2.45, 2.75) is 23.5 Å². The van der Waals surface area contributed by atoms with E-state index in [1.54, 1.807) is 0 Å². The van der Waals surface area contributed by atoms with Gasteiger partial charge in [0.05, 0.1) is 24.5 Å². The van der Waals surface area contributed by atoms with Gasteiger partial charge in [-0.15, -0.1) is 0 Å². The molecule has 0 aliphatic heterocycles. The van der Waals surface area contributed by atoms with E-state index in [2.05, 4.69) is 4.74 Å². The molecule has 2 N–H and O–H groups in total. The fraction of sp³-hybridized carbons (Fsp3) is 0.417. The highest BCUT2D eigenvalue weighted by molar-refractivity contribution is 7.90. The van der Waals surface area contributed by atoms with Crippen LogP contribution in [0.4, 0.5) is 0 Å². The second-order valence-corrected chi connectivity index (χ2v) is 6.15. The maximum Gasteiger partial charge on any atom is 0.308 e. The third-order valence-corrected chi connectivity index (χ3v) is 3.71. The van der Waals surface area contributed by atoms with Gasteiger partial charge in [0.15, 0.2) is 9.84 Å². The summed E-state index contributed by atoms with van der Waals surface area (Å²) in [5.74, 6) is -0.661. The van der Waals surface area contributed by atoms with Crippen LogP contribution in [0.2, 0.25) is 0 Å². The zero-order valence-corrected chi connectivity index (χ0v) is 11.4. The molecule has 0 saturated carbocycles. The van der Waals surface area contributed by atoms with Gasteiger partial charge in [0.2, 0.25) is 0 Å². The Morgan fingerprint density at radius 1 is 1.37 bits per heavy atom. The number of rotatable bonds is 5. The summed E-state index contributed by atoms with van der Waals surface area (Å²) in [6, 6.07) is 5.58. The number of hydrogen-bond donors (Lipinski definition) is 2. The van der Waals surface area contributed by atoms with Gasteiger partial charge in [-0.2, -0.15) is 0 Å². The van der Waals surface area contributed by atoms with E-state index in [1.165, 1.54) is 31.4 Å². The number of methoxy groups -OCH3 is 1. The molecule has 1 aromatic rings. The standard InChI is InChI=1S/C12H16O6S/c1-18-11(14)7-10(13)12(15)8-4-3-5-9(6-8)19(2,16)17/h3-6,10,12-13,15H,7H2,1-2H3. The Bertz CT molecular complexity index is 551. The number of benzene rings is 1. The average Bonchev–Trinajstić information content (AvgIpc) is 2.36. The molecule has 0 aliphatic rings. The molecule has 0 saturated heterocycles. The molecule has 0 bridgehead atoms. The highest BCUT2D eigenvalue weighted by Crippen LogP contribution is 2.22. The quantitative estimate of drug-likeness (QED) is 0.742. The van der Waals surface area contributed by atoms with E-state index in [9.17, 15) is 23.4 Å². The van der Waals surface area contributed by atoms with Gasteiger partial charge >= 0.3 is 5.97 Å². The van der Waals surface area contributed by atoms with Gasteiger partial charge in [0.1, 0.15) is 6.10 Å². The number of aliphatic hydroxyl groups is 2. The summed E-state index contributed by atoms with van der Waals surface area (Å²) in [5.41, 5.74) is 0.222. The van der Waals surface area contributed by atoms with Crippen LogP contribution >= 0.6 is 0 Å². The summed E-state index contributed by atoms with van der Waals surface area (Å²) in [5, 5.41) is 19.5. The van der Waals surface area contributed by atoms with Crippen molar-refractivity contribution in [1.29, 1.82) is 0 Å². The number of ether oxygens (including phenoxy) is 1. The molecule has 0 amide bonds. The van der Waals surface area contributed by atoms with Gasteiger partial charge in [0, 0.05) is 6.26 Å². The van der Waals surface area contributed by atoms with Gasteiger partial charge in [-0.05, 0) is 17.7 Å². The van der Waals surface area contributed by atoms with E-state index in [-0.39, 0.29) is 16.9 Å². The molecular weight excluding hydrogens is 272 g/mol. The Hall–Kier alpha value is -1.44. The van der Waals surface area contributed by atoms with Crippen molar-refractivity contribution >= 4 is 15.8 Å². The molecule has 7 heteroatoms. The Morgan fingerprint density at radius 3 is 2.53 bits per heavy atom. The number of carbonyl (C=O) groups is 1. The van der Waals surface area contributed by atoms with E-state index < -0.39 is 28.0 Å². The van der Waals surface area contributed by atoms with Gasteiger partial charge in [-0.1, -0.05) is 12.1 Å². The van der Waals surface area contributed by atoms with E-state index >= 15 is 0 Å². The minimum atomic E-state index is -3.40. The SMILES string of the molecule is COC(=O)CC(O)C(O)c1cccc(S(C)(=O)=O)c1. The van der Waals surface area contributed by atoms with Crippen molar-refractivity contribution in [2.75, 3.05) is 13.4 Å². The smallest absolute Gasteiger partial charge is 0.308 e. The molecule has 1 aromatic carbocycles. The second kappa shape index (κ2) is 6.14. The summed E-state index contributed by atoms with van der Waals surface area (Å²) < 4.78 is 27.1. The molecule has 0 fully saturated rings. The van der Waals surface area contributed by atoms with Crippen molar-refractivity contribution < 1.29 is 28.2 Å². The van der Waals surface area contributed by atoms with Gasteiger partial charge in [-0.25, -0.2) is 8.42 Å². The molecule has 2 unspecified atom stereocenters. The Labute approximate surface area is 111 Å². The monoisotopic (exact) mass is 288 g/mol. The highest BCUT2D eigenvalue weighted by atomic mass is 32.2. The maximum atomic E-state index is 11.4. The lowest BCUT2D eigenvalue weighted by atomic mass is 10.0. The number of esters is 1. The number of sulfone groups is 1. The van der Waals surface area contributed by atoms with Crippen LogP contribution in [0.15, 0.2) is 29.2 Å². The second-order valence-electron chi connectivity index (χ2n) is 4.14. The van der Waals surface area contributed by atoms with E-state index in [4.69, 9.17) is 0 Å². The van der Waals surface area contributed by atoms with Crippen LogP contribution in [-0.2, 0) is 19.4 Å². The lowest BCUT2D eigenvalue weighted by Gasteiger charge is -2.17. The summed E-state index contributed by atoms with van der Waals surface area (Å²) in [7, 11) is -2.22.